The van der Waals surface area contributed by atoms with Gasteiger partial charge in [0.2, 0.25) is 11.8 Å². The van der Waals surface area contributed by atoms with Crippen LogP contribution in [-0.2, 0) is 9.59 Å². The summed E-state index contributed by atoms with van der Waals surface area (Å²) in [6.45, 7) is 4.45. The van der Waals surface area contributed by atoms with Crippen molar-refractivity contribution in [1.82, 2.24) is 4.90 Å². The molecule has 4 unspecified atom stereocenters. The molecule has 0 saturated carbocycles. The largest absolute Gasteiger partial charge is 0.491 e. The number of amides is 2. The van der Waals surface area contributed by atoms with Crippen molar-refractivity contribution in [3.05, 3.63) is 34.3 Å². The smallest absolute Gasteiger partial charge is 0.235 e. The minimum absolute atomic E-state index is 0.118. The highest BCUT2D eigenvalue weighted by atomic mass is 79.9. The van der Waals surface area contributed by atoms with Gasteiger partial charge in [-0.3, -0.25) is 19.5 Å². The number of anilines is 1. The van der Waals surface area contributed by atoms with E-state index in [0.717, 1.165) is 21.6 Å². The van der Waals surface area contributed by atoms with Gasteiger partial charge in [-0.25, -0.2) is 0 Å². The summed E-state index contributed by atoms with van der Waals surface area (Å²) in [5.41, 5.74) is 1.85. The lowest BCUT2D eigenvalue weighted by atomic mass is 9.69. The first kappa shape index (κ1) is 17.3. The molecule has 4 atom stereocenters. The number of amidine groups is 1. The maximum Gasteiger partial charge on any atom is 0.235 e. The van der Waals surface area contributed by atoms with Gasteiger partial charge >= 0.3 is 0 Å². The molecule has 1 aliphatic carbocycles. The summed E-state index contributed by atoms with van der Waals surface area (Å²) >= 11 is 3.51. The third-order valence-electron chi connectivity index (χ3n) is 5.37. The molecule has 3 heterocycles. The van der Waals surface area contributed by atoms with Crippen molar-refractivity contribution in [1.29, 1.82) is 0 Å². The van der Waals surface area contributed by atoms with Gasteiger partial charge in [0.05, 0.1) is 34.6 Å². The molecule has 0 radical (unpaired) electrons. The molecule has 1 aromatic carbocycles. The Kier molecular flexibility index (Phi) is 4.14. The van der Waals surface area contributed by atoms with E-state index < -0.39 is 0 Å². The molecule has 7 heteroatoms. The Morgan fingerprint density at radius 2 is 2.00 bits per heavy atom. The summed E-state index contributed by atoms with van der Waals surface area (Å²) in [4.78, 5) is 31.2. The number of dihydropyridines is 1. The minimum Gasteiger partial charge on any atom is -0.491 e. The van der Waals surface area contributed by atoms with Crippen molar-refractivity contribution in [2.75, 3.05) is 19.0 Å². The highest BCUT2D eigenvalue weighted by Gasteiger charge is 2.58. The highest BCUT2D eigenvalue weighted by molar-refractivity contribution is 9.10. The Hall–Kier alpha value is -2.15. The molecule has 2 bridgehead atoms. The van der Waals surface area contributed by atoms with Crippen molar-refractivity contribution >= 4 is 39.3 Å². The van der Waals surface area contributed by atoms with Gasteiger partial charge in [0.1, 0.15) is 5.84 Å². The van der Waals surface area contributed by atoms with E-state index in [-0.39, 0.29) is 35.6 Å². The molecule has 3 aliphatic heterocycles. The molecule has 0 aromatic heterocycles. The second-order valence-electron chi connectivity index (χ2n) is 6.86. The van der Waals surface area contributed by atoms with Crippen molar-refractivity contribution < 1.29 is 14.3 Å². The van der Waals surface area contributed by atoms with E-state index in [1.165, 1.54) is 4.90 Å². The number of halogens is 1. The summed E-state index contributed by atoms with van der Waals surface area (Å²) in [5.74, 6) is 0.223. The number of nitrogens with one attached hydrogen (secondary N) is 1. The van der Waals surface area contributed by atoms with Crippen LogP contribution in [0.2, 0.25) is 0 Å². The molecule has 5 rings (SSSR count). The molecule has 1 aromatic rings. The van der Waals surface area contributed by atoms with Crippen LogP contribution in [0.3, 0.4) is 0 Å². The van der Waals surface area contributed by atoms with Gasteiger partial charge in [0.15, 0.2) is 5.75 Å². The number of likely N-dealkylation sites (tertiary alicyclic amines) is 1. The number of hydrogen-bond donors (Lipinski definition) is 1. The number of para-hydroxylation sites is 1. The molecule has 0 spiro atoms. The monoisotopic (exact) mass is 417 g/mol. The normalized spacial score (nSPS) is 29.5. The van der Waals surface area contributed by atoms with Gasteiger partial charge in [0.25, 0.3) is 0 Å². The average molecular weight is 418 g/mol. The molecular weight excluding hydrogens is 398 g/mol. The van der Waals surface area contributed by atoms with Crippen molar-refractivity contribution in [3.8, 4) is 5.75 Å². The van der Waals surface area contributed by atoms with Crippen molar-refractivity contribution in [2.24, 2.45) is 22.7 Å². The van der Waals surface area contributed by atoms with E-state index in [4.69, 9.17) is 9.73 Å². The number of carbonyl (C=O) groups excluding carboxylic acids is 2. The number of hydrogen-bond acceptors (Lipinski definition) is 5. The molecule has 2 amide bonds. The first-order chi connectivity index (χ1) is 12.4. The van der Waals surface area contributed by atoms with Gasteiger partial charge in [-0.05, 0) is 41.9 Å². The quantitative estimate of drug-likeness (QED) is 0.606. The van der Waals surface area contributed by atoms with Crippen LogP contribution < -0.4 is 10.1 Å². The van der Waals surface area contributed by atoms with Gasteiger partial charge < -0.3 is 10.1 Å². The zero-order valence-corrected chi connectivity index (χ0v) is 16.4. The van der Waals surface area contributed by atoms with E-state index >= 15 is 0 Å². The predicted molar refractivity (Wildman–Crippen MR) is 102 cm³/mol. The lowest BCUT2D eigenvalue weighted by Crippen LogP contribution is -2.48. The second kappa shape index (κ2) is 6.23. The Morgan fingerprint density at radius 3 is 2.73 bits per heavy atom. The Labute approximate surface area is 160 Å². The van der Waals surface area contributed by atoms with E-state index in [9.17, 15) is 9.59 Å². The van der Waals surface area contributed by atoms with Crippen molar-refractivity contribution in [2.45, 2.75) is 19.9 Å². The average Bonchev–Trinajstić information content (AvgIpc) is 2.85. The van der Waals surface area contributed by atoms with Gasteiger partial charge in [-0.2, -0.15) is 0 Å². The maximum atomic E-state index is 12.6. The fourth-order valence-electron chi connectivity index (χ4n) is 4.16. The van der Waals surface area contributed by atoms with Crippen LogP contribution in [0.4, 0.5) is 5.69 Å². The number of ether oxygens (including phenoxy) is 1. The van der Waals surface area contributed by atoms with Gasteiger partial charge in [0, 0.05) is 13.0 Å². The zero-order chi connectivity index (χ0) is 18.6. The van der Waals surface area contributed by atoms with E-state index in [1.54, 1.807) is 7.05 Å². The maximum absolute atomic E-state index is 12.6. The zero-order valence-electron chi connectivity index (χ0n) is 14.8. The van der Waals surface area contributed by atoms with E-state index in [0.29, 0.717) is 12.4 Å². The first-order valence-corrected chi connectivity index (χ1v) is 9.49. The molecule has 26 heavy (non-hydrogen) atoms. The van der Waals surface area contributed by atoms with E-state index in [1.807, 2.05) is 32.0 Å². The van der Waals surface area contributed by atoms with Crippen LogP contribution in [0.25, 0.3) is 0 Å². The summed E-state index contributed by atoms with van der Waals surface area (Å²) in [5, 5.41) is 3.36. The Balaban J connectivity index is 1.71. The molecule has 4 aliphatic rings. The summed E-state index contributed by atoms with van der Waals surface area (Å²) in [6.07, 6.45) is 2.07. The van der Waals surface area contributed by atoms with Crippen LogP contribution in [-0.4, -0.2) is 42.2 Å². The van der Waals surface area contributed by atoms with E-state index in [2.05, 4.69) is 27.3 Å². The van der Waals surface area contributed by atoms with Gasteiger partial charge in [-0.1, -0.05) is 17.7 Å². The Bertz CT molecular complexity index is 864. The third-order valence-corrected chi connectivity index (χ3v) is 5.99. The fraction of sp³-hybridized carbons (Fsp3) is 0.421. The van der Waals surface area contributed by atoms with Crippen LogP contribution in [0.5, 0.6) is 5.75 Å². The minimum atomic E-state index is -0.373. The number of benzene rings is 1. The highest BCUT2D eigenvalue weighted by Crippen LogP contribution is 2.46. The van der Waals surface area contributed by atoms with Crippen LogP contribution >= 0.6 is 15.9 Å². The number of nitrogens with zero attached hydrogens (tertiary/aromatic N) is 2. The number of imide groups is 1. The number of rotatable bonds is 3. The predicted octanol–water partition coefficient (Wildman–Crippen LogP) is 2.85. The van der Waals surface area contributed by atoms with Crippen LogP contribution in [0.15, 0.2) is 39.3 Å². The second-order valence-corrected chi connectivity index (χ2v) is 7.71. The lowest BCUT2D eigenvalue weighted by Gasteiger charge is -2.39. The molecular formula is C19H20BrN3O3. The lowest BCUT2D eigenvalue weighted by molar-refractivity contribution is -0.138. The molecule has 6 nitrogen and oxygen atoms in total. The molecule has 1 N–H and O–H groups in total. The summed E-state index contributed by atoms with van der Waals surface area (Å²) in [6, 6.07) is 5.47. The molecule has 136 valence electrons. The molecule has 1 fully saturated rings. The van der Waals surface area contributed by atoms with Crippen molar-refractivity contribution in [3.63, 3.8) is 0 Å². The first-order valence-electron chi connectivity index (χ1n) is 8.69. The van der Waals surface area contributed by atoms with Gasteiger partial charge in [-0.15, -0.1) is 0 Å². The SMILES string of the molecule is CCOc1c(Br)cccc1NC1=NC2C(C)=CC1C1C(=O)N(C)C(=O)C21. The summed E-state index contributed by atoms with van der Waals surface area (Å²) in [7, 11) is 1.56. The third kappa shape index (κ3) is 2.40. The summed E-state index contributed by atoms with van der Waals surface area (Å²) < 4.78 is 6.59. The van der Waals surface area contributed by atoms with Crippen LogP contribution in [0.1, 0.15) is 13.8 Å². The standard InChI is InChI=1S/C19H20BrN3O3/c1-4-26-16-11(20)6-5-7-12(16)21-17-10-8-9(2)15(22-17)14-13(10)18(24)23(3)19(14)25/h5-8,10,13-15H,4H2,1-3H3,(H,21,22). The Morgan fingerprint density at radius 1 is 1.27 bits per heavy atom. The topological polar surface area (TPSA) is 71.0 Å². The van der Waals surface area contributed by atoms with Crippen LogP contribution in [0, 0.1) is 17.8 Å². The number of aliphatic imine (C=N–C) groups is 1. The fourth-order valence-corrected chi connectivity index (χ4v) is 4.64. The number of carbonyl (C=O) groups is 2. The molecule has 1 saturated heterocycles.